The smallest absolute Gasteiger partial charge is 0.341 e. The lowest BCUT2D eigenvalue weighted by atomic mass is 10.1. The summed E-state index contributed by atoms with van der Waals surface area (Å²) in [5, 5.41) is 2.85. The largest absolute Gasteiger partial charge is 0.462 e. The first kappa shape index (κ1) is 22.9. The van der Waals surface area contributed by atoms with Crippen molar-refractivity contribution in [2.75, 3.05) is 17.7 Å². The maximum absolute atomic E-state index is 12.9. The van der Waals surface area contributed by atoms with Gasteiger partial charge in [-0.2, -0.15) is 0 Å². The number of rotatable bonds is 7. The van der Waals surface area contributed by atoms with Gasteiger partial charge in [-0.15, -0.1) is 11.3 Å². The van der Waals surface area contributed by atoms with Crippen LogP contribution in [-0.4, -0.2) is 47.1 Å². The zero-order chi connectivity index (χ0) is 23.1. The summed E-state index contributed by atoms with van der Waals surface area (Å²) in [7, 11) is -7.01. The Kier molecular flexibility index (Phi) is 6.14. The fourth-order valence-corrected chi connectivity index (χ4v) is 7.78. The number of carbonyl (C=O) groups excluding carboxylic acids is 2. The molecule has 1 saturated carbocycles. The summed E-state index contributed by atoms with van der Waals surface area (Å²) in [6.45, 7) is 1.78. The number of sulfonamides is 1. The molecule has 1 amide bonds. The predicted molar refractivity (Wildman–Crippen MR) is 119 cm³/mol. The van der Waals surface area contributed by atoms with Crippen molar-refractivity contribution >= 4 is 48.1 Å². The summed E-state index contributed by atoms with van der Waals surface area (Å²) in [6, 6.07) is 5.53. The van der Waals surface area contributed by atoms with Gasteiger partial charge in [-0.3, -0.25) is 4.79 Å². The van der Waals surface area contributed by atoms with Gasteiger partial charge in [0.1, 0.15) is 5.00 Å². The number of hydrogen-bond donors (Lipinski definition) is 2. The van der Waals surface area contributed by atoms with Crippen LogP contribution >= 0.6 is 11.3 Å². The summed E-state index contributed by atoms with van der Waals surface area (Å²) in [5.74, 6) is -1.52. The molecule has 9 nitrogen and oxygen atoms in total. The van der Waals surface area contributed by atoms with E-state index in [4.69, 9.17) is 4.74 Å². The Labute approximate surface area is 190 Å². The van der Waals surface area contributed by atoms with E-state index in [9.17, 15) is 26.4 Å². The van der Waals surface area contributed by atoms with Crippen LogP contribution in [0.4, 0.5) is 5.00 Å². The fraction of sp³-hybridized carbons (Fsp3) is 0.400. The SMILES string of the molecule is CCOC(=O)c1c(NC(=O)c2cccc(S(=O)(=O)NC3CC3)c2)sc2c1CCS(=O)(=O)C2. The van der Waals surface area contributed by atoms with Crippen LogP contribution < -0.4 is 10.0 Å². The number of nitrogens with one attached hydrogen (secondary N) is 2. The van der Waals surface area contributed by atoms with Crippen molar-refractivity contribution in [3.8, 4) is 0 Å². The van der Waals surface area contributed by atoms with Crippen LogP contribution in [0, 0.1) is 0 Å². The zero-order valence-electron chi connectivity index (χ0n) is 17.2. The molecule has 0 unspecified atom stereocenters. The van der Waals surface area contributed by atoms with E-state index in [0.717, 1.165) is 24.2 Å². The molecular weight excluding hydrogens is 476 g/mol. The summed E-state index contributed by atoms with van der Waals surface area (Å²) in [4.78, 5) is 25.9. The van der Waals surface area contributed by atoms with E-state index in [0.29, 0.717) is 10.4 Å². The Hall–Kier alpha value is -2.28. The summed E-state index contributed by atoms with van der Waals surface area (Å²) < 4.78 is 56.7. The number of esters is 1. The molecule has 2 aliphatic rings. The summed E-state index contributed by atoms with van der Waals surface area (Å²) in [5.41, 5.74) is 0.829. The highest BCUT2D eigenvalue weighted by atomic mass is 32.2. The first-order valence-electron chi connectivity index (χ1n) is 10.1. The Morgan fingerprint density at radius 1 is 1.25 bits per heavy atom. The van der Waals surface area contributed by atoms with E-state index in [-0.39, 0.29) is 51.6 Å². The number of sulfone groups is 1. The number of fused-ring (bicyclic) bond motifs is 1. The molecule has 2 heterocycles. The maximum atomic E-state index is 12.9. The van der Waals surface area contributed by atoms with Crippen LogP contribution in [0.1, 0.15) is 50.9 Å². The number of thiophene rings is 1. The molecule has 2 aromatic rings. The van der Waals surface area contributed by atoms with Gasteiger partial charge < -0.3 is 10.1 Å². The third-order valence-corrected chi connectivity index (χ3v) is 9.52. The van der Waals surface area contributed by atoms with Gasteiger partial charge in [0, 0.05) is 16.5 Å². The molecule has 0 spiro atoms. The van der Waals surface area contributed by atoms with Crippen LogP contribution in [0.3, 0.4) is 0 Å². The van der Waals surface area contributed by atoms with E-state index in [2.05, 4.69) is 10.0 Å². The van der Waals surface area contributed by atoms with Crippen molar-refractivity contribution in [1.29, 1.82) is 0 Å². The maximum Gasteiger partial charge on any atom is 0.341 e. The Morgan fingerprint density at radius 3 is 2.69 bits per heavy atom. The van der Waals surface area contributed by atoms with Crippen LogP contribution in [0.2, 0.25) is 0 Å². The fourth-order valence-electron chi connectivity index (χ4n) is 3.40. The Morgan fingerprint density at radius 2 is 2.00 bits per heavy atom. The lowest BCUT2D eigenvalue weighted by molar-refractivity contribution is 0.0526. The first-order chi connectivity index (χ1) is 15.1. The molecule has 0 atom stereocenters. The van der Waals surface area contributed by atoms with Crippen LogP contribution in [-0.2, 0) is 36.8 Å². The highest BCUT2D eigenvalue weighted by Gasteiger charge is 2.32. The van der Waals surface area contributed by atoms with Gasteiger partial charge in [0.05, 0.1) is 28.6 Å². The van der Waals surface area contributed by atoms with Crippen LogP contribution in [0.25, 0.3) is 0 Å². The molecule has 0 saturated heterocycles. The highest BCUT2D eigenvalue weighted by molar-refractivity contribution is 7.90. The number of anilines is 1. The normalized spacial score (nSPS) is 17.4. The van der Waals surface area contributed by atoms with E-state index in [1.165, 1.54) is 24.3 Å². The average Bonchev–Trinajstić information content (AvgIpc) is 3.45. The lowest BCUT2D eigenvalue weighted by Crippen LogP contribution is -2.26. The number of ether oxygens (including phenoxy) is 1. The minimum absolute atomic E-state index is 0.0285. The van der Waals surface area contributed by atoms with E-state index < -0.39 is 31.7 Å². The molecule has 0 bridgehead atoms. The van der Waals surface area contributed by atoms with Gasteiger partial charge in [0.2, 0.25) is 10.0 Å². The highest BCUT2D eigenvalue weighted by Crippen LogP contribution is 2.38. The number of amides is 1. The van der Waals surface area contributed by atoms with Crippen LogP contribution in [0.15, 0.2) is 29.2 Å². The third-order valence-electron chi connectivity index (χ3n) is 5.12. The summed E-state index contributed by atoms with van der Waals surface area (Å²) in [6.07, 6.45) is 1.74. The number of hydrogen-bond acceptors (Lipinski definition) is 8. The number of carbonyl (C=O) groups is 2. The molecular formula is C20H22N2O7S3. The predicted octanol–water partition coefficient (Wildman–Crippen LogP) is 2.09. The van der Waals surface area contributed by atoms with Gasteiger partial charge in [0.15, 0.2) is 9.84 Å². The molecule has 4 rings (SSSR count). The molecule has 1 aliphatic carbocycles. The topological polar surface area (TPSA) is 136 Å². The molecule has 1 fully saturated rings. The van der Waals surface area contributed by atoms with Crippen molar-refractivity contribution in [3.05, 3.63) is 45.8 Å². The second-order valence-electron chi connectivity index (χ2n) is 7.65. The van der Waals surface area contributed by atoms with Gasteiger partial charge in [-0.25, -0.2) is 26.4 Å². The average molecular weight is 499 g/mol. The second kappa shape index (κ2) is 8.58. The van der Waals surface area contributed by atoms with E-state index >= 15 is 0 Å². The van der Waals surface area contributed by atoms with Crippen LogP contribution in [0.5, 0.6) is 0 Å². The molecule has 0 radical (unpaired) electrons. The minimum Gasteiger partial charge on any atom is -0.462 e. The molecule has 12 heteroatoms. The van der Waals surface area contributed by atoms with Gasteiger partial charge in [-0.1, -0.05) is 6.07 Å². The quantitative estimate of drug-likeness (QED) is 0.558. The zero-order valence-corrected chi connectivity index (χ0v) is 19.7. The van der Waals surface area contributed by atoms with E-state index in [1.807, 2.05) is 0 Å². The second-order valence-corrected chi connectivity index (χ2v) is 12.7. The van der Waals surface area contributed by atoms with Crippen molar-refractivity contribution in [3.63, 3.8) is 0 Å². The third kappa shape index (κ3) is 4.87. The molecule has 2 N–H and O–H groups in total. The van der Waals surface area contributed by atoms with Crippen molar-refractivity contribution in [2.24, 2.45) is 0 Å². The van der Waals surface area contributed by atoms with Gasteiger partial charge in [-0.05, 0) is 49.9 Å². The summed E-state index contributed by atoms with van der Waals surface area (Å²) >= 11 is 1.03. The van der Waals surface area contributed by atoms with Crippen molar-refractivity contribution in [1.82, 2.24) is 4.72 Å². The first-order valence-corrected chi connectivity index (χ1v) is 14.2. The lowest BCUT2D eigenvalue weighted by Gasteiger charge is -2.13. The molecule has 1 aliphatic heterocycles. The molecule has 32 heavy (non-hydrogen) atoms. The minimum atomic E-state index is -3.74. The van der Waals surface area contributed by atoms with Gasteiger partial charge in [0.25, 0.3) is 5.91 Å². The monoisotopic (exact) mass is 498 g/mol. The number of benzene rings is 1. The van der Waals surface area contributed by atoms with Crippen molar-refractivity contribution in [2.45, 2.75) is 42.9 Å². The Balaban J connectivity index is 1.64. The Bertz CT molecular complexity index is 1290. The molecule has 1 aromatic carbocycles. The molecule has 1 aromatic heterocycles. The molecule has 172 valence electrons. The standard InChI is InChI=1S/C20H22N2O7S3/c1-2-29-20(24)17-15-8-9-31(25,26)11-16(15)30-19(17)21-18(23)12-4-3-5-14(10-12)32(27,28)22-13-6-7-13/h3-5,10,13,22H,2,6-9,11H2,1H3,(H,21,23). The van der Waals surface area contributed by atoms with Gasteiger partial charge >= 0.3 is 5.97 Å². The van der Waals surface area contributed by atoms with Crippen molar-refractivity contribution < 1.29 is 31.2 Å². The van der Waals surface area contributed by atoms with E-state index in [1.54, 1.807) is 6.92 Å².